The molecule has 1 aromatic rings. The Bertz CT molecular complexity index is 615. The van der Waals surface area contributed by atoms with E-state index in [4.69, 9.17) is 0 Å². The van der Waals surface area contributed by atoms with Crippen molar-refractivity contribution in [2.45, 2.75) is 19.8 Å². The zero-order chi connectivity index (χ0) is 16.9. The monoisotopic (exact) mass is 334 g/mol. The molecule has 22 heavy (non-hydrogen) atoms. The molecule has 0 bridgehead atoms. The summed E-state index contributed by atoms with van der Waals surface area (Å²) in [5.41, 5.74) is -0.734. The molecule has 0 unspecified atom stereocenters. The summed E-state index contributed by atoms with van der Waals surface area (Å²) >= 11 is 0. The molecule has 0 aliphatic rings. The van der Waals surface area contributed by atoms with E-state index in [1.54, 1.807) is 0 Å². The van der Waals surface area contributed by atoms with E-state index in [0.29, 0.717) is 10.8 Å². The van der Waals surface area contributed by atoms with E-state index in [0.717, 1.165) is 37.3 Å². The van der Waals surface area contributed by atoms with Crippen LogP contribution in [0.3, 0.4) is 0 Å². The summed E-state index contributed by atoms with van der Waals surface area (Å²) in [5.74, 6) is -2.59. The van der Waals surface area contributed by atoms with Crippen molar-refractivity contribution in [2.75, 3.05) is 30.7 Å². The van der Waals surface area contributed by atoms with Gasteiger partial charge in [0.25, 0.3) is 0 Å². The zero-order valence-electron chi connectivity index (χ0n) is 12.8. The molecule has 0 heterocycles. The van der Waals surface area contributed by atoms with Crippen LogP contribution in [0.25, 0.3) is 0 Å². The lowest BCUT2D eigenvalue weighted by atomic mass is 10.3. The number of unbranched alkanes of at least 4 members (excludes halogenated alkanes) is 1. The lowest BCUT2D eigenvalue weighted by Crippen LogP contribution is -2.42. The molecular weight excluding hydrogens is 314 g/mol. The molecule has 0 saturated carbocycles. The van der Waals surface area contributed by atoms with Crippen LogP contribution in [0, 0.1) is 11.6 Å². The lowest BCUT2D eigenvalue weighted by Gasteiger charge is -2.25. The van der Waals surface area contributed by atoms with Gasteiger partial charge in [-0.15, -0.1) is 0 Å². The topological polar surface area (TPSA) is 57.7 Å². The highest BCUT2D eigenvalue weighted by Crippen LogP contribution is 2.25. The molecule has 0 aliphatic carbocycles. The number of rotatable bonds is 7. The first-order valence-corrected chi connectivity index (χ1v) is 8.69. The molecule has 1 amide bonds. The van der Waals surface area contributed by atoms with Crippen LogP contribution in [-0.2, 0) is 14.8 Å². The van der Waals surface area contributed by atoms with Crippen molar-refractivity contribution in [3.63, 3.8) is 0 Å². The highest BCUT2D eigenvalue weighted by molar-refractivity contribution is 7.92. The Balaban J connectivity index is 3.09. The molecule has 0 atom stereocenters. The van der Waals surface area contributed by atoms with E-state index in [-0.39, 0.29) is 0 Å². The number of benzene rings is 1. The maximum absolute atomic E-state index is 13.8. The minimum absolute atomic E-state index is 0.451. The van der Waals surface area contributed by atoms with Crippen LogP contribution in [0.4, 0.5) is 14.5 Å². The molecule has 0 aromatic heterocycles. The van der Waals surface area contributed by atoms with Crippen molar-refractivity contribution >= 4 is 21.6 Å². The molecule has 5 nitrogen and oxygen atoms in total. The molecule has 124 valence electrons. The standard InChI is InChI=1S/C14H20F2N2O3S/c1-4-5-9-17(2)13(19)10-18(22(3,20)21)14-11(15)7-6-8-12(14)16/h6-8H,4-5,9-10H2,1-3H3. The van der Waals surface area contributed by atoms with Crippen LogP contribution >= 0.6 is 0 Å². The molecular formula is C14H20F2N2O3S. The van der Waals surface area contributed by atoms with E-state index in [1.807, 2.05) is 6.92 Å². The molecule has 8 heteroatoms. The largest absolute Gasteiger partial charge is 0.344 e. The number of para-hydroxylation sites is 1. The van der Waals surface area contributed by atoms with Gasteiger partial charge in [0.05, 0.1) is 6.26 Å². The normalized spacial score (nSPS) is 11.3. The fourth-order valence-corrected chi connectivity index (χ4v) is 2.70. The molecule has 1 aromatic carbocycles. The molecule has 0 saturated heterocycles. The van der Waals surface area contributed by atoms with Crippen LogP contribution in [0.5, 0.6) is 0 Å². The van der Waals surface area contributed by atoms with Gasteiger partial charge >= 0.3 is 0 Å². The number of likely N-dealkylation sites (N-methyl/N-ethyl adjacent to an activating group) is 1. The summed E-state index contributed by atoms with van der Waals surface area (Å²) < 4.78 is 51.7. The van der Waals surface area contributed by atoms with E-state index < -0.39 is 39.8 Å². The lowest BCUT2D eigenvalue weighted by molar-refractivity contribution is -0.128. The SMILES string of the molecule is CCCCN(C)C(=O)CN(c1c(F)cccc1F)S(C)(=O)=O. The summed E-state index contributed by atoms with van der Waals surface area (Å²) in [6.07, 6.45) is 2.43. The zero-order valence-corrected chi connectivity index (χ0v) is 13.7. The van der Waals surface area contributed by atoms with Crippen molar-refractivity contribution in [3.05, 3.63) is 29.8 Å². The van der Waals surface area contributed by atoms with Gasteiger partial charge in [0.2, 0.25) is 15.9 Å². The number of carbonyl (C=O) groups excluding carboxylic acids is 1. The van der Waals surface area contributed by atoms with Crippen LogP contribution in [0.1, 0.15) is 19.8 Å². The summed E-state index contributed by atoms with van der Waals surface area (Å²) in [5, 5.41) is 0. The van der Waals surface area contributed by atoms with Gasteiger partial charge in [-0.3, -0.25) is 9.10 Å². The first-order chi connectivity index (χ1) is 10.2. The van der Waals surface area contributed by atoms with Crippen LogP contribution in [0.2, 0.25) is 0 Å². The number of nitrogens with zero attached hydrogens (tertiary/aromatic N) is 2. The van der Waals surface area contributed by atoms with Crippen molar-refractivity contribution in [2.24, 2.45) is 0 Å². The fourth-order valence-electron chi connectivity index (χ4n) is 1.85. The predicted molar refractivity (Wildman–Crippen MR) is 81.1 cm³/mol. The van der Waals surface area contributed by atoms with Gasteiger partial charge in [0.15, 0.2) is 11.6 Å². The fraction of sp³-hybridized carbons (Fsp3) is 0.500. The van der Waals surface area contributed by atoms with E-state index in [1.165, 1.54) is 11.9 Å². The Morgan fingerprint density at radius 1 is 1.23 bits per heavy atom. The van der Waals surface area contributed by atoms with Crippen molar-refractivity contribution in [1.82, 2.24) is 4.90 Å². The summed E-state index contributed by atoms with van der Waals surface area (Å²) in [7, 11) is -2.48. The van der Waals surface area contributed by atoms with Crippen molar-refractivity contribution < 1.29 is 22.0 Å². The maximum Gasteiger partial charge on any atom is 0.243 e. The average Bonchev–Trinajstić information content (AvgIpc) is 2.42. The second-order valence-corrected chi connectivity index (χ2v) is 6.92. The van der Waals surface area contributed by atoms with E-state index in [2.05, 4.69) is 0 Å². The maximum atomic E-state index is 13.8. The highest BCUT2D eigenvalue weighted by atomic mass is 32.2. The molecule has 0 fully saturated rings. The Labute approximate surface area is 129 Å². The Hall–Kier alpha value is -1.70. The number of hydrogen-bond acceptors (Lipinski definition) is 3. The van der Waals surface area contributed by atoms with Crippen molar-refractivity contribution in [1.29, 1.82) is 0 Å². The van der Waals surface area contributed by atoms with Gasteiger partial charge in [-0.1, -0.05) is 19.4 Å². The first-order valence-electron chi connectivity index (χ1n) is 6.84. The minimum Gasteiger partial charge on any atom is -0.344 e. The number of amides is 1. The summed E-state index contributed by atoms with van der Waals surface area (Å²) in [6.45, 7) is 1.76. The Morgan fingerprint density at radius 3 is 2.23 bits per heavy atom. The third-order valence-electron chi connectivity index (χ3n) is 3.14. The summed E-state index contributed by atoms with van der Waals surface area (Å²) in [6, 6.07) is 3.02. The van der Waals surface area contributed by atoms with Crippen LogP contribution in [-0.4, -0.2) is 45.6 Å². The molecule has 0 N–H and O–H groups in total. The van der Waals surface area contributed by atoms with Crippen LogP contribution in [0.15, 0.2) is 18.2 Å². The van der Waals surface area contributed by atoms with Gasteiger partial charge in [-0.2, -0.15) is 0 Å². The molecule has 0 spiro atoms. The third kappa shape index (κ3) is 4.66. The second kappa shape index (κ2) is 7.53. The first kappa shape index (κ1) is 18.3. The van der Waals surface area contributed by atoms with Crippen LogP contribution < -0.4 is 4.31 Å². The second-order valence-electron chi connectivity index (χ2n) is 5.01. The number of anilines is 1. The molecule has 0 radical (unpaired) electrons. The van der Waals surface area contributed by atoms with Gasteiger partial charge in [-0.05, 0) is 18.6 Å². The molecule has 1 rings (SSSR count). The number of halogens is 2. The summed E-state index contributed by atoms with van der Waals surface area (Å²) in [4.78, 5) is 13.4. The van der Waals surface area contributed by atoms with Gasteiger partial charge in [0.1, 0.15) is 12.2 Å². The van der Waals surface area contributed by atoms with E-state index >= 15 is 0 Å². The number of carbonyl (C=O) groups is 1. The van der Waals surface area contributed by atoms with Gasteiger partial charge in [0, 0.05) is 13.6 Å². The van der Waals surface area contributed by atoms with E-state index in [9.17, 15) is 22.0 Å². The Morgan fingerprint density at radius 2 is 1.77 bits per heavy atom. The quantitative estimate of drug-likeness (QED) is 0.766. The predicted octanol–water partition coefficient (Wildman–Crippen LogP) is 1.99. The van der Waals surface area contributed by atoms with Gasteiger partial charge < -0.3 is 4.90 Å². The number of hydrogen-bond donors (Lipinski definition) is 0. The smallest absolute Gasteiger partial charge is 0.243 e. The third-order valence-corrected chi connectivity index (χ3v) is 4.25. The minimum atomic E-state index is -4.01. The highest BCUT2D eigenvalue weighted by Gasteiger charge is 2.27. The van der Waals surface area contributed by atoms with Gasteiger partial charge in [-0.25, -0.2) is 17.2 Å². The average molecular weight is 334 g/mol. The van der Waals surface area contributed by atoms with Crippen molar-refractivity contribution in [3.8, 4) is 0 Å². The Kier molecular flexibility index (Phi) is 6.28. The number of sulfonamides is 1. The molecule has 0 aliphatic heterocycles.